The fourth-order valence-corrected chi connectivity index (χ4v) is 1.95. The van der Waals surface area contributed by atoms with Crippen LogP contribution in [0.2, 0.25) is 0 Å². The molecule has 0 saturated carbocycles. The van der Waals surface area contributed by atoms with E-state index in [1.807, 2.05) is 6.92 Å². The maximum Gasteiger partial charge on any atom is 0.270 e. The number of hydrogen-bond donors (Lipinski definition) is 0. The molecule has 17 heavy (non-hydrogen) atoms. The van der Waals surface area contributed by atoms with Crippen LogP contribution in [0.15, 0.2) is 18.2 Å². The maximum atomic E-state index is 12.2. The second-order valence-corrected chi connectivity index (χ2v) is 4.46. The molecule has 0 bridgehead atoms. The zero-order valence-corrected chi connectivity index (χ0v) is 10.2. The van der Waals surface area contributed by atoms with Gasteiger partial charge in [-0.1, -0.05) is 0 Å². The first-order chi connectivity index (χ1) is 7.99. The van der Waals surface area contributed by atoms with Gasteiger partial charge in [0.1, 0.15) is 5.75 Å². The zero-order chi connectivity index (χ0) is 12.6. The average molecular weight is 230 g/mol. The highest BCUT2D eigenvalue weighted by atomic mass is 16.5. The second-order valence-electron chi connectivity index (χ2n) is 4.46. The molecule has 0 radical (unpaired) electrons. The Balaban J connectivity index is 2.57. The highest BCUT2D eigenvalue weighted by molar-refractivity contribution is 6.02. The molecule has 1 amide bonds. The highest BCUT2D eigenvalue weighted by Crippen LogP contribution is 2.37. The summed E-state index contributed by atoms with van der Waals surface area (Å²) in [5.41, 5.74) is 0.353. The van der Waals surface area contributed by atoms with Crippen molar-refractivity contribution in [3.63, 3.8) is 0 Å². The van der Waals surface area contributed by atoms with Crippen LogP contribution in [0.25, 0.3) is 0 Å². The topological polar surface area (TPSA) is 53.3 Å². The molecule has 1 heterocycles. The lowest BCUT2D eigenvalue weighted by atomic mass is 10.0. The number of hydrogen-bond acceptors (Lipinski definition) is 3. The van der Waals surface area contributed by atoms with E-state index in [4.69, 9.17) is 10.00 Å². The van der Waals surface area contributed by atoms with Crippen LogP contribution in [0, 0.1) is 11.3 Å². The van der Waals surface area contributed by atoms with Gasteiger partial charge in [0.15, 0.2) is 5.60 Å². The van der Waals surface area contributed by atoms with Gasteiger partial charge in [-0.3, -0.25) is 4.79 Å². The van der Waals surface area contributed by atoms with Crippen LogP contribution in [-0.2, 0) is 4.79 Å². The molecule has 0 aliphatic carbocycles. The molecule has 88 valence electrons. The fraction of sp³-hybridized carbons (Fsp3) is 0.385. The van der Waals surface area contributed by atoms with E-state index in [0.717, 1.165) is 0 Å². The van der Waals surface area contributed by atoms with Crippen molar-refractivity contribution >= 4 is 11.6 Å². The standard InChI is InChI=1S/C13H14N2O2/c1-4-15-10-7-9(8-14)5-6-11(10)17-13(2,3)12(15)16/h5-7H,4H2,1-3H3. The first-order valence-electron chi connectivity index (χ1n) is 5.54. The largest absolute Gasteiger partial charge is 0.476 e. The Kier molecular flexibility index (Phi) is 2.55. The van der Waals surface area contributed by atoms with Crippen molar-refractivity contribution in [1.29, 1.82) is 5.26 Å². The van der Waals surface area contributed by atoms with E-state index in [0.29, 0.717) is 23.5 Å². The van der Waals surface area contributed by atoms with E-state index < -0.39 is 5.60 Å². The first kappa shape index (κ1) is 11.5. The number of carbonyl (C=O) groups excluding carboxylic acids is 1. The van der Waals surface area contributed by atoms with Crippen LogP contribution in [0.1, 0.15) is 26.3 Å². The molecule has 1 aromatic rings. The Bertz CT molecular complexity index is 515. The number of carbonyl (C=O) groups is 1. The number of amides is 1. The third-order valence-corrected chi connectivity index (χ3v) is 2.82. The van der Waals surface area contributed by atoms with Crippen LogP contribution in [0.3, 0.4) is 0 Å². The number of nitriles is 1. The van der Waals surface area contributed by atoms with E-state index >= 15 is 0 Å². The van der Waals surface area contributed by atoms with Crippen molar-refractivity contribution in [1.82, 2.24) is 0 Å². The Morgan fingerprint density at radius 2 is 2.18 bits per heavy atom. The zero-order valence-electron chi connectivity index (χ0n) is 10.2. The highest BCUT2D eigenvalue weighted by Gasteiger charge is 2.40. The number of nitrogens with zero attached hydrogens (tertiary/aromatic N) is 2. The van der Waals surface area contributed by atoms with E-state index in [2.05, 4.69) is 6.07 Å². The van der Waals surface area contributed by atoms with Crippen molar-refractivity contribution in [3.8, 4) is 11.8 Å². The summed E-state index contributed by atoms with van der Waals surface area (Å²) >= 11 is 0. The van der Waals surface area contributed by atoms with Gasteiger partial charge < -0.3 is 9.64 Å². The smallest absolute Gasteiger partial charge is 0.270 e. The summed E-state index contributed by atoms with van der Waals surface area (Å²) in [6.45, 7) is 5.97. The van der Waals surface area contributed by atoms with Gasteiger partial charge in [0.25, 0.3) is 5.91 Å². The molecular formula is C13H14N2O2. The summed E-state index contributed by atoms with van der Waals surface area (Å²) in [5.74, 6) is 0.568. The third-order valence-electron chi connectivity index (χ3n) is 2.82. The summed E-state index contributed by atoms with van der Waals surface area (Å²) in [6, 6.07) is 7.18. The summed E-state index contributed by atoms with van der Waals surface area (Å²) in [5, 5.41) is 8.87. The molecule has 0 spiro atoms. The van der Waals surface area contributed by atoms with Crippen LogP contribution in [-0.4, -0.2) is 18.1 Å². The number of anilines is 1. The minimum Gasteiger partial charge on any atom is -0.476 e. The maximum absolute atomic E-state index is 12.2. The molecule has 0 unspecified atom stereocenters. The fourth-order valence-electron chi connectivity index (χ4n) is 1.95. The molecular weight excluding hydrogens is 216 g/mol. The monoisotopic (exact) mass is 230 g/mol. The number of fused-ring (bicyclic) bond motifs is 1. The van der Waals surface area contributed by atoms with Crippen molar-refractivity contribution in [2.45, 2.75) is 26.4 Å². The minimum atomic E-state index is -0.850. The molecule has 0 saturated heterocycles. The molecule has 4 nitrogen and oxygen atoms in total. The number of ether oxygens (including phenoxy) is 1. The first-order valence-corrected chi connectivity index (χ1v) is 5.54. The molecule has 0 fully saturated rings. The molecule has 1 aliphatic rings. The van der Waals surface area contributed by atoms with E-state index in [1.165, 1.54) is 0 Å². The summed E-state index contributed by atoms with van der Waals surface area (Å²) in [4.78, 5) is 13.8. The molecule has 0 N–H and O–H groups in total. The quantitative estimate of drug-likeness (QED) is 0.742. The molecule has 1 aromatic carbocycles. The molecule has 1 aliphatic heterocycles. The van der Waals surface area contributed by atoms with E-state index in [-0.39, 0.29) is 5.91 Å². The van der Waals surface area contributed by atoms with Crippen LogP contribution in [0.4, 0.5) is 5.69 Å². The lowest BCUT2D eigenvalue weighted by Crippen LogP contribution is -2.52. The van der Waals surface area contributed by atoms with Gasteiger partial charge in [0.2, 0.25) is 0 Å². The number of benzene rings is 1. The van der Waals surface area contributed by atoms with Gasteiger partial charge >= 0.3 is 0 Å². The lowest BCUT2D eigenvalue weighted by molar-refractivity contribution is -0.132. The Labute approximate surface area is 100 Å². The van der Waals surface area contributed by atoms with Crippen molar-refractivity contribution < 1.29 is 9.53 Å². The Hall–Kier alpha value is -2.02. The van der Waals surface area contributed by atoms with Crippen LogP contribution >= 0.6 is 0 Å². The van der Waals surface area contributed by atoms with Gasteiger partial charge in [-0.05, 0) is 39.0 Å². The van der Waals surface area contributed by atoms with Gasteiger partial charge in [0, 0.05) is 6.54 Å². The SMILES string of the molecule is CCN1C(=O)C(C)(C)Oc2ccc(C#N)cc21. The van der Waals surface area contributed by atoms with Gasteiger partial charge in [-0.25, -0.2) is 0 Å². The van der Waals surface area contributed by atoms with Crippen molar-refractivity contribution in [3.05, 3.63) is 23.8 Å². The minimum absolute atomic E-state index is 0.0809. The second kappa shape index (κ2) is 3.77. The third kappa shape index (κ3) is 1.74. The predicted octanol–water partition coefficient (Wildman–Crippen LogP) is 2.08. The van der Waals surface area contributed by atoms with E-state index in [1.54, 1.807) is 36.9 Å². The Morgan fingerprint density at radius 3 is 2.76 bits per heavy atom. The molecule has 2 rings (SSSR count). The summed E-state index contributed by atoms with van der Waals surface area (Å²) < 4.78 is 5.66. The molecule has 4 heteroatoms. The van der Waals surface area contributed by atoms with Gasteiger partial charge in [-0.15, -0.1) is 0 Å². The lowest BCUT2D eigenvalue weighted by Gasteiger charge is -2.38. The molecule has 0 atom stereocenters. The Morgan fingerprint density at radius 1 is 1.47 bits per heavy atom. The normalized spacial score (nSPS) is 17.1. The molecule has 0 aromatic heterocycles. The van der Waals surface area contributed by atoms with Crippen molar-refractivity contribution in [2.24, 2.45) is 0 Å². The predicted molar refractivity (Wildman–Crippen MR) is 63.9 cm³/mol. The van der Waals surface area contributed by atoms with Crippen LogP contribution in [0.5, 0.6) is 5.75 Å². The van der Waals surface area contributed by atoms with Gasteiger partial charge in [0.05, 0.1) is 17.3 Å². The summed E-state index contributed by atoms with van der Waals surface area (Å²) in [7, 11) is 0. The van der Waals surface area contributed by atoms with Crippen molar-refractivity contribution in [2.75, 3.05) is 11.4 Å². The van der Waals surface area contributed by atoms with E-state index in [9.17, 15) is 4.79 Å². The van der Waals surface area contributed by atoms with Crippen LogP contribution < -0.4 is 9.64 Å². The average Bonchev–Trinajstić information content (AvgIpc) is 2.30. The van der Waals surface area contributed by atoms with Gasteiger partial charge in [-0.2, -0.15) is 5.26 Å². The number of rotatable bonds is 1. The number of likely N-dealkylation sites (N-methyl/N-ethyl adjacent to an activating group) is 1. The summed E-state index contributed by atoms with van der Waals surface area (Å²) in [6.07, 6.45) is 0.